The van der Waals surface area contributed by atoms with Crippen LogP contribution in [-0.4, -0.2) is 29.8 Å². The molecule has 1 N–H and O–H groups in total. The molecule has 0 aliphatic carbocycles. The van der Waals surface area contributed by atoms with Crippen molar-refractivity contribution in [3.63, 3.8) is 0 Å². The van der Waals surface area contributed by atoms with Crippen molar-refractivity contribution in [1.82, 2.24) is 10.2 Å². The summed E-state index contributed by atoms with van der Waals surface area (Å²) >= 11 is 0. The van der Waals surface area contributed by atoms with E-state index in [1.807, 2.05) is 30.3 Å². The zero-order valence-corrected chi connectivity index (χ0v) is 10.2. The largest absolute Gasteiger partial charge is 0.336 e. The van der Waals surface area contributed by atoms with Crippen molar-refractivity contribution in [2.24, 2.45) is 0 Å². The molecule has 1 aliphatic rings. The van der Waals surface area contributed by atoms with Crippen LogP contribution in [0.5, 0.6) is 0 Å². The van der Waals surface area contributed by atoms with Gasteiger partial charge in [0.15, 0.2) is 0 Å². The molecular formula is C13H16N2O2. The number of rotatable bonds is 1. The van der Waals surface area contributed by atoms with Crippen LogP contribution in [0.15, 0.2) is 30.3 Å². The summed E-state index contributed by atoms with van der Waals surface area (Å²) < 4.78 is 0. The first-order valence-electron chi connectivity index (χ1n) is 5.61. The van der Waals surface area contributed by atoms with E-state index >= 15 is 0 Å². The molecule has 1 aliphatic heterocycles. The van der Waals surface area contributed by atoms with Crippen LogP contribution in [0.3, 0.4) is 0 Å². The van der Waals surface area contributed by atoms with E-state index in [4.69, 9.17) is 0 Å². The van der Waals surface area contributed by atoms with Crippen molar-refractivity contribution in [2.75, 3.05) is 7.05 Å². The third-order valence-electron chi connectivity index (χ3n) is 3.43. The minimum atomic E-state index is -0.959. The lowest BCUT2D eigenvalue weighted by molar-refractivity contribution is -0.152. The fraction of sp³-hybridized carbons (Fsp3) is 0.385. The van der Waals surface area contributed by atoms with Crippen molar-refractivity contribution in [1.29, 1.82) is 0 Å². The molecule has 2 atom stereocenters. The lowest BCUT2D eigenvalue weighted by Crippen LogP contribution is -2.65. The molecule has 2 unspecified atom stereocenters. The molecule has 2 rings (SSSR count). The Balaban J connectivity index is 2.44. The molecule has 1 heterocycles. The normalized spacial score (nSPS) is 29.1. The molecule has 0 bridgehead atoms. The summed E-state index contributed by atoms with van der Waals surface area (Å²) in [6, 6.07) is 8.88. The van der Waals surface area contributed by atoms with Crippen LogP contribution in [0.1, 0.15) is 19.4 Å². The topological polar surface area (TPSA) is 49.4 Å². The van der Waals surface area contributed by atoms with E-state index in [1.165, 1.54) is 4.90 Å². The Hall–Kier alpha value is -1.84. The minimum Gasteiger partial charge on any atom is -0.336 e. The average Bonchev–Trinajstić information content (AvgIpc) is 2.35. The number of carbonyl (C=O) groups excluding carboxylic acids is 2. The van der Waals surface area contributed by atoms with Crippen molar-refractivity contribution in [3.05, 3.63) is 35.9 Å². The Morgan fingerprint density at radius 3 is 2.41 bits per heavy atom. The van der Waals surface area contributed by atoms with Crippen LogP contribution < -0.4 is 5.32 Å². The molecule has 90 valence electrons. The SMILES string of the molecule is CC1C(=O)NC(C)(c2ccccc2)C(=O)N1C. The highest BCUT2D eigenvalue weighted by Crippen LogP contribution is 2.27. The zero-order chi connectivity index (χ0) is 12.6. The van der Waals surface area contributed by atoms with Gasteiger partial charge in [-0.1, -0.05) is 30.3 Å². The summed E-state index contributed by atoms with van der Waals surface area (Å²) in [7, 11) is 1.66. The number of amides is 2. The molecule has 0 aromatic heterocycles. The maximum absolute atomic E-state index is 12.3. The highest BCUT2D eigenvalue weighted by molar-refractivity contribution is 5.99. The standard InChI is InChI=1S/C13H16N2O2/c1-9-11(16)14-13(2,12(17)15(9)3)10-7-5-4-6-8-10/h4-9H,1-3H3,(H,14,16). The van der Waals surface area contributed by atoms with Crippen LogP contribution in [0, 0.1) is 0 Å². The summed E-state index contributed by atoms with van der Waals surface area (Å²) in [5.41, 5.74) is -0.156. The van der Waals surface area contributed by atoms with Crippen molar-refractivity contribution >= 4 is 11.8 Å². The third-order valence-corrected chi connectivity index (χ3v) is 3.43. The van der Waals surface area contributed by atoms with Crippen molar-refractivity contribution < 1.29 is 9.59 Å². The first-order chi connectivity index (χ1) is 7.97. The fourth-order valence-electron chi connectivity index (χ4n) is 2.08. The summed E-state index contributed by atoms with van der Waals surface area (Å²) in [5, 5.41) is 2.81. The number of benzene rings is 1. The lowest BCUT2D eigenvalue weighted by atomic mass is 9.87. The first-order valence-corrected chi connectivity index (χ1v) is 5.61. The number of carbonyl (C=O) groups is 2. The van der Waals surface area contributed by atoms with Crippen LogP contribution in [0.25, 0.3) is 0 Å². The predicted octanol–water partition coefficient (Wildman–Crippen LogP) is 0.879. The van der Waals surface area contributed by atoms with E-state index in [1.54, 1.807) is 20.9 Å². The molecule has 0 spiro atoms. The molecule has 17 heavy (non-hydrogen) atoms. The number of likely N-dealkylation sites (N-methyl/N-ethyl adjacent to an activating group) is 1. The average molecular weight is 232 g/mol. The van der Waals surface area contributed by atoms with Gasteiger partial charge in [0.25, 0.3) is 5.91 Å². The Kier molecular flexibility index (Phi) is 2.65. The Labute approximate surface area is 101 Å². The second-order valence-electron chi connectivity index (χ2n) is 4.57. The quantitative estimate of drug-likeness (QED) is 0.781. The highest BCUT2D eigenvalue weighted by atomic mass is 16.2. The van der Waals surface area contributed by atoms with Crippen LogP contribution in [-0.2, 0) is 15.1 Å². The van der Waals surface area contributed by atoms with Gasteiger partial charge in [-0.25, -0.2) is 0 Å². The summed E-state index contributed by atoms with van der Waals surface area (Å²) in [6.45, 7) is 3.46. The third kappa shape index (κ3) is 1.69. The van der Waals surface area contributed by atoms with Crippen LogP contribution in [0.2, 0.25) is 0 Å². The van der Waals surface area contributed by atoms with Crippen molar-refractivity contribution in [2.45, 2.75) is 25.4 Å². The Morgan fingerprint density at radius 1 is 1.24 bits per heavy atom. The maximum Gasteiger partial charge on any atom is 0.253 e. The molecule has 4 heteroatoms. The van der Waals surface area contributed by atoms with Gasteiger partial charge < -0.3 is 10.2 Å². The van der Waals surface area contributed by atoms with Gasteiger partial charge in [-0.15, -0.1) is 0 Å². The van der Waals surface area contributed by atoms with E-state index in [9.17, 15) is 9.59 Å². The summed E-state index contributed by atoms with van der Waals surface area (Å²) in [5.74, 6) is -0.214. The molecular weight excluding hydrogens is 216 g/mol. The van der Waals surface area contributed by atoms with Crippen LogP contribution in [0.4, 0.5) is 0 Å². The van der Waals surface area contributed by atoms with E-state index < -0.39 is 11.6 Å². The van der Waals surface area contributed by atoms with Gasteiger partial charge in [-0.2, -0.15) is 0 Å². The predicted molar refractivity (Wildman–Crippen MR) is 64.2 cm³/mol. The minimum absolute atomic E-state index is 0.0872. The maximum atomic E-state index is 12.3. The Bertz CT molecular complexity index is 458. The number of nitrogens with one attached hydrogen (secondary N) is 1. The smallest absolute Gasteiger partial charge is 0.253 e. The lowest BCUT2D eigenvalue weighted by Gasteiger charge is -2.41. The van der Waals surface area contributed by atoms with Gasteiger partial charge in [0.1, 0.15) is 11.6 Å². The molecule has 2 amide bonds. The molecule has 0 saturated carbocycles. The molecule has 1 fully saturated rings. The zero-order valence-electron chi connectivity index (χ0n) is 10.2. The number of hydrogen-bond donors (Lipinski definition) is 1. The van der Waals surface area contributed by atoms with E-state index in [2.05, 4.69) is 5.32 Å². The number of piperazine rings is 1. The monoisotopic (exact) mass is 232 g/mol. The van der Waals surface area contributed by atoms with Gasteiger partial charge in [0.05, 0.1) is 0 Å². The molecule has 4 nitrogen and oxygen atoms in total. The fourth-order valence-corrected chi connectivity index (χ4v) is 2.08. The van der Waals surface area contributed by atoms with E-state index in [-0.39, 0.29) is 11.8 Å². The van der Waals surface area contributed by atoms with E-state index in [0.29, 0.717) is 0 Å². The molecule has 0 radical (unpaired) electrons. The van der Waals surface area contributed by atoms with Crippen LogP contribution >= 0.6 is 0 Å². The Morgan fingerprint density at radius 2 is 1.82 bits per heavy atom. The van der Waals surface area contributed by atoms with Gasteiger partial charge in [-0.05, 0) is 19.4 Å². The second kappa shape index (κ2) is 3.87. The highest BCUT2D eigenvalue weighted by Gasteiger charge is 2.45. The molecule has 1 aromatic rings. The summed E-state index contributed by atoms with van der Waals surface area (Å²) in [4.78, 5) is 25.6. The molecule has 1 aromatic carbocycles. The number of hydrogen-bond acceptors (Lipinski definition) is 2. The van der Waals surface area contributed by atoms with Gasteiger partial charge in [0.2, 0.25) is 5.91 Å². The van der Waals surface area contributed by atoms with E-state index in [0.717, 1.165) is 5.56 Å². The van der Waals surface area contributed by atoms with Gasteiger partial charge >= 0.3 is 0 Å². The summed E-state index contributed by atoms with van der Waals surface area (Å²) in [6.07, 6.45) is 0. The van der Waals surface area contributed by atoms with Gasteiger partial charge in [-0.3, -0.25) is 9.59 Å². The molecule has 1 saturated heterocycles. The number of nitrogens with zero attached hydrogens (tertiary/aromatic N) is 1. The first kappa shape index (κ1) is 11.6. The van der Waals surface area contributed by atoms with Gasteiger partial charge in [0, 0.05) is 7.05 Å². The second-order valence-corrected chi connectivity index (χ2v) is 4.57. The van der Waals surface area contributed by atoms with Crippen molar-refractivity contribution in [3.8, 4) is 0 Å².